The molecular weight excluding hydrogens is 399 g/mol. The fourth-order valence-corrected chi connectivity index (χ4v) is 3.41. The number of carbonyl (C=O) groups is 2. The number of carboxylic acid groups (broad SMARTS) is 1. The van der Waals surface area contributed by atoms with E-state index in [2.05, 4.69) is 0 Å². The molecular formula is C19H15ClF3NO4. The highest BCUT2D eigenvalue weighted by molar-refractivity contribution is 6.32. The maximum atomic E-state index is 12.7. The molecule has 0 fully saturated rings. The maximum absolute atomic E-state index is 12.7. The first-order chi connectivity index (χ1) is 13.0. The van der Waals surface area contributed by atoms with Gasteiger partial charge in [0.05, 0.1) is 22.5 Å². The van der Waals surface area contributed by atoms with Crippen LogP contribution in [0.15, 0.2) is 36.4 Å². The highest BCUT2D eigenvalue weighted by atomic mass is 35.5. The second-order valence-corrected chi connectivity index (χ2v) is 6.89. The number of hydrogen-bond acceptors (Lipinski definition) is 3. The Morgan fingerprint density at radius 1 is 1.25 bits per heavy atom. The quantitative estimate of drug-likeness (QED) is 0.766. The van der Waals surface area contributed by atoms with Crippen molar-refractivity contribution in [3.63, 3.8) is 0 Å². The molecule has 1 amide bonds. The Balaban J connectivity index is 1.91. The van der Waals surface area contributed by atoms with Gasteiger partial charge in [0.2, 0.25) is 0 Å². The number of carbonyl (C=O) groups excluding carboxylic acids is 1. The van der Waals surface area contributed by atoms with E-state index < -0.39 is 29.7 Å². The maximum Gasteiger partial charge on any atom is 0.416 e. The molecule has 0 radical (unpaired) electrons. The monoisotopic (exact) mass is 413 g/mol. The van der Waals surface area contributed by atoms with Gasteiger partial charge in [-0.05, 0) is 42.8 Å². The lowest BCUT2D eigenvalue weighted by Gasteiger charge is -2.24. The van der Waals surface area contributed by atoms with Crippen LogP contribution >= 0.6 is 11.6 Å². The second-order valence-electron chi connectivity index (χ2n) is 6.48. The molecule has 28 heavy (non-hydrogen) atoms. The summed E-state index contributed by atoms with van der Waals surface area (Å²) in [5.74, 6) is -2.01. The van der Waals surface area contributed by atoms with Gasteiger partial charge in [0.25, 0.3) is 5.91 Å². The van der Waals surface area contributed by atoms with Crippen LogP contribution in [0.1, 0.15) is 34.5 Å². The van der Waals surface area contributed by atoms with Crippen molar-refractivity contribution in [3.8, 4) is 11.5 Å². The molecule has 3 rings (SSSR count). The zero-order chi connectivity index (χ0) is 20.8. The van der Waals surface area contributed by atoms with E-state index in [1.54, 1.807) is 6.07 Å². The van der Waals surface area contributed by atoms with Crippen molar-refractivity contribution in [2.45, 2.75) is 19.1 Å². The Labute approximate surface area is 163 Å². The number of hydrogen-bond donors (Lipinski definition) is 1. The zero-order valence-electron chi connectivity index (χ0n) is 14.7. The lowest BCUT2D eigenvalue weighted by molar-refractivity contribution is -0.143. The molecule has 2 atom stereocenters. The first-order valence-corrected chi connectivity index (χ1v) is 8.57. The molecule has 2 unspecified atom stereocenters. The van der Waals surface area contributed by atoms with E-state index in [4.69, 9.17) is 16.3 Å². The van der Waals surface area contributed by atoms with Crippen LogP contribution in [0.3, 0.4) is 0 Å². The van der Waals surface area contributed by atoms with Gasteiger partial charge in [0, 0.05) is 12.6 Å². The largest absolute Gasteiger partial charge is 0.481 e. The number of benzene rings is 2. The molecule has 0 aromatic heterocycles. The normalized spacial score (nSPS) is 17.4. The number of halogens is 4. The first-order valence-electron chi connectivity index (χ1n) is 8.19. The summed E-state index contributed by atoms with van der Waals surface area (Å²) < 4.78 is 43.7. The van der Waals surface area contributed by atoms with Crippen LogP contribution in [0, 0.1) is 5.92 Å². The fraction of sp³-hybridized carbons (Fsp3) is 0.263. The summed E-state index contributed by atoms with van der Waals surface area (Å²) in [5, 5.41) is 9.05. The van der Waals surface area contributed by atoms with E-state index in [0.717, 1.165) is 18.2 Å². The average Bonchev–Trinajstić information content (AvgIpc) is 2.86. The average molecular weight is 414 g/mol. The number of nitrogens with zero attached hydrogens (tertiary/aromatic N) is 1. The van der Waals surface area contributed by atoms with Gasteiger partial charge >= 0.3 is 12.1 Å². The van der Waals surface area contributed by atoms with Crippen molar-refractivity contribution < 1.29 is 32.6 Å². The Morgan fingerprint density at radius 3 is 2.50 bits per heavy atom. The van der Waals surface area contributed by atoms with Gasteiger partial charge in [-0.15, -0.1) is 0 Å². The number of alkyl halides is 3. The molecule has 5 nitrogen and oxygen atoms in total. The van der Waals surface area contributed by atoms with Crippen molar-refractivity contribution in [2.24, 2.45) is 5.92 Å². The van der Waals surface area contributed by atoms with Gasteiger partial charge in [-0.25, -0.2) is 0 Å². The number of aliphatic carboxylic acids is 1. The minimum Gasteiger partial charge on any atom is -0.481 e. The molecule has 1 N–H and O–H groups in total. The number of fused-ring (bicyclic) bond motifs is 1. The van der Waals surface area contributed by atoms with Crippen molar-refractivity contribution in [1.29, 1.82) is 0 Å². The highest BCUT2D eigenvalue weighted by Crippen LogP contribution is 2.41. The van der Waals surface area contributed by atoms with E-state index in [0.29, 0.717) is 5.56 Å². The summed E-state index contributed by atoms with van der Waals surface area (Å²) in [6, 6.07) is 6.60. The van der Waals surface area contributed by atoms with Crippen molar-refractivity contribution in [1.82, 2.24) is 4.90 Å². The van der Waals surface area contributed by atoms with E-state index in [9.17, 15) is 27.9 Å². The lowest BCUT2D eigenvalue weighted by Crippen LogP contribution is -2.31. The van der Waals surface area contributed by atoms with Crippen LogP contribution < -0.4 is 4.74 Å². The fourth-order valence-electron chi connectivity index (χ4n) is 3.19. The summed E-state index contributed by atoms with van der Waals surface area (Å²) in [4.78, 5) is 25.2. The van der Waals surface area contributed by atoms with Crippen LogP contribution in [-0.4, -0.2) is 28.9 Å². The van der Waals surface area contributed by atoms with Gasteiger partial charge in [-0.3, -0.25) is 9.59 Å². The van der Waals surface area contributed by atoms with Crippen molar-refractivity contribution in [2.75, 3.05) is 7.05 Å². The lowest BCUT2D eigenvalue weighted by atomic mass is 9.94. The van der Waals surface area contributed by atoms with Gasteiger partial charge in [0.15, 0.2) is 0 Å². The molecule has 0 saturated heterocycles. The minimum absolute atomic E-state index is 0.00358. The topological polar surface area (TPSA) is 66.8 Å². The van der Waals surface area contributed by atoms with Gasteiger partial charge < -0.3 is 14.7 Å². The van der Waals surface area contributed by atoms with Crippen LogP contribution in [0.5, 0.6) is 11.5 Å². The Kier molecular flexibility index (Phi) is 5.01. The Bertz CT molecular complexity index is 961. The third-order valence-electron chi connectivity index (χ3n) is 4.66. The molecule has 2 aromatic rings. The standard InChI is InChI=1S/C19H15ClF3NO4/c1-9(18(26)27)16-12-5-4-11(8-13(12)17(25)24(16)2)28-15-6-3-10(7-14(15)20)19(21,22)23/h3-9,16H,1-2H3,(H,26,27). The minimum atomic E-state index is -4.53. The van der Waals surface area contributed by atoms with E-state index in [1.807, 2.05) is 0 Å². The summed E-state index contributed by atoms with van der Waals surface area (Å²) in [7, 11) is 1.51. The predicted molar refractivity (Wildman–Crippen MR) is 94.6 cm³/mol. The summed E-state index contributed by atoms with van der Waals surface area (Å²) in [5.41, 5.74) is -0.0736. The summed E-state index contributed by atoms with van der Waals surface area (Å²) >= 11 is 5.89. The number of rotatable bonds is 4. The molecule has 9 heteroatoms. The van der Waals surface area contributed by atoms with Crippen LogP contribution in [0.2, 0.25) is 5.02 Å². The van der Waals surface area contributed by atoms with Crippen LogP contribution in [0.4, 0.5) is 13.2 Å². The van der Waals surface area contributed by atoms with Crippen molar-refractivity contribution in [3.05, 3.63) is 58.1 Å². The molecule has 2 aromatic carbocycles. The summed E-state index contributed by atoms with van der Waals surface area (Å²) in [6.45, 7) is 1.51. The molecule has 0 spiro atoms. The predicted octanol–water partition coefficient (Wildman–Crippen LogP) is 5.00. The molecule has 0 bridgehead atoms. The second kappa shape index (κ2) is 7.01. The third-order valence-corrected chi connectivity index (χ3v) is 4.96. The van der Waals surface area contributed by atoms with Crippen molar-refractivity contribution >= 4 is 23.5 Å². The zero-order valence-corrected chi connectivity index (χ0v) is 15.5. The highest BCUT2D eigenvalue weighted by Gasteiger charge is 2.40. The SMILES string of the molecule is CC(C(=O)O)C1c2ccc(Oc3ccc(C(F)(F)F)cc3Cl)cc2C(=O)N1C. The molecule has 1 aliphatic rings. The molecule has 0 saturated carbocycles. The molecule has 0 aliphatic carbocycles. The van der Waals surface area contributed by atoms with Gasteiger partial charge in [0.1, 0.15) is 11.5 Å². The Morgan fingerprint density at radius 2 is 1.93 bits per heavy atom. The molecule has 1 heterocycles. The number of carboxylic acids is 1. The third kappa shape index (κ3) is 3.52. The van der Waals surface area contributed by atoms with E-state index in [-0.39, 0.29) is 28.0 Å². The number of ether oxygens (including phenoxy) is 1. The van der Waals surface area contributed by atoms with Crippen LogP contribution in [0.25, 0.3) is 0 Å². The Hall–Kier alpha value is -2.74. The van der Waals surface area contributed by atoms with E-state index >= 15 is 0 Å². The van der Waals surface area contributed by atoms with E-state index in [1.165, 1.54) is 31.0 Å². The number of amides is 1. The smallest absolute Gasteiger partial charge is 0.416 e. The van der Waals surface area contributed by atoms with Gasteiger partial charge in [-0.2, -0.15) is 13.2 Å². The summed E-state index contributed by atoms with van der Waals surface area (Å²) in [6.07, 6.45) is -4.53. The van der Waals surface area contributed by atoms with Crippen LogP contribution in [-0.2, 0) is 11.0 Å². The van der Waals surface area contributed by atoms with Gasteiger partial charge in [-0.1, -0.05) is 17.7 Å². The molecule has 1 aliphatic heterocycles. The first kappa shape index (κ1) is 20.0. The molecule has 148 valence electrons.